The zero-order valence-corrected chi connectivity index (χ0v) is 17.6. The predicted octanol–water partition coefficient (Wildman–Crippen LogP) is 4.28. The molecular weight excluding hydrogens is 437 g/mol. The van der Waals surface area contributed by atoms with Crippen molar-refractivity contribution in [3.63, 3.8) is 0 Å². The van der Waals surface area contributed by atoms with Gasteiger partial charge in [-0.15, -0.1) is 0 Å². The first-order chi connectivity index (χ1) is 13.7. The summed E-state index contributed by atoms with van der Waals surface area (Å²) in [4.78, 5) is 39.9. The molecule has 2 heterocycles. The lowest BCUT2D eigenvalue weighted by Gasteiger charge is -2.24. The van der Waals surface area contributed by atoms with Crippen molar-refractivity contribution in [2.24, 2.45) is 11.0 Å². The van der Waals surface area contributed by atoms with E-state index in [1.54, 1.807) is 43.3 Å². The first-order valence-electron chi connectivity index (χ1n) is 8.69. The first-order valence-corrected chi connectivity index (χ1v) is 9.83. The highest BCUT2D eigenvalue weighted by Crippen LogP contribution is 2.43. The lowest BCUT2D eigenvalue weighted by molar-refractivity contribution is -0.122. The van der Waals surface area contributed by atoms with Gasteiger partial charge < -0.3 is 0 Å². The summed E-state index contributed by atoms with van der Waals surface area (Å²) >= 11 is 18.8. The predicted molar refractivity (Wildman–Crippen MR) is 113 cm³/mol. The van der Waals surface area contributed by atoms with Gasteiger partial charge in [-0.2, -0.15) is 5.10 Å². The van der Waals surface area contributed by atoms with Gasteiger partial charge in [0.25, 0.3) is 5.91 Å². The smallest absolute Gasteiger partial charge is 0.259 e. The Morgan fingerprint density at radius 1 is 0.966 bits per heavy atom. The zero-order chi connectivity index (χ0) is 21.0. The van der Waals surface area contributed by atoms with Crippen LogP contribution in [0.5, 0.6) is 0 Å². The molecule has 1 fully saturated rings. The number of hydrogen-bond acceptors (Lipinski definition) is 5. The Bertz CT molecular complexity index is 1100. The van der Waals surface area contributed by atoms with Crippen molar-refractivity contribution in [2.75, 3.05) is 9.91 Å². The van der Waals surface area contributed by atoms with Crippen LogP contribution in [0, 0.1) is 12.8 Å². The molecule has 0 bridgehead atoms. The van der Waals surface area contributed by atoms with Crippen LogP contribution in [0.3, 0.4) is 0 Å². The SMILES string of the molecule is CC(=O)C1=NN(c2c(Cl)cccc2Cl)[C@@H]2C(=O)N(c3cccc(Cl)c3C)C(=O)[C@@H]12. The van der Waals surface area contributed by atoms with E-state index in [0.717, 1.165) is 4.90 Å². The summed E-state index contributed by atoms with van der Waals surface area (Å²) in [7, 11) is 0. The molecule has 0 spiro atoms. The van der Waals surface area contributed by atoms with Crippen molar-refractivity contribution in [3.8, 4) is 0 Å². The summed E-state index contributed by atoms with van der Waals surface area (Å²) in [6.07, 6.45) is 0. The van der Waals surface area contributed by atoms with Gasteiger partial charge in [0.05, 0.1) is 21.4 Å². The normalized spacial score (nSPS) is 20.9. The van der Waals surface area contributed by atoms with Crippen LogP contribution >= 0.6 is 34.8 Å². The highest BCUT2D eigenvalue weighted by atomic mass is 35.5. The molecule has 0 unspecified atom stereocenters. The standard InChI is InChI=1S/C20H14Cl3N3O3/c1-9-11(21)5-4-8-14(9)25-19(28)15-16(10(2)27)24-26(18(15)20(25)29)17-12(22)6-3-7-13(17)23/h3-8,15,18H,1-2H3/t15-,18-/m0/s1. The number of carbonyl (C=O) groups is 3. The van der Waals surface area contributed by atoms with Gasteiger partial charge in [0.1, 0.15) is 17.7 Å². The molecule has 0 saturated carbocycles. The van der Waals surface area contributed by atoms with Crippen molar-refractivity contribution in [1.82, 2.24) is 0 Å². The number of anilines is 2. The fourth-order valence-corrected chi connectivity index (χ4v) is 4.41. The Balaban J connectivity index is 1.88. The maximum absolute atomic E-state index is 13.4. The molecule has 148 valence electrons. The molecule has 2 atom stereocenters. The third kappa shape index (κ3) is 2.94. The van der Waals surface area contributed by atoms with E-state index in [2.05, 4.69) is 5.10 Å². The van der Waals surface area contributed by atoms with Gasteiger partial charge in [-0.05, 0) is 36.8 Å². The van der Waals surface area contributed by atoms with Crippen LogP contribution in [0.15, 0.2) is 41.5 Å². The molecule has 0 radical (unpaired) electrons. The van der Waals surface area contributed by atoms with E-state index >= 15 is 0 Å². The van der Waals surface area contributed by atoms with Crippen LogP contribution in [-0.2, 0) is 14.4 Å². The van der Waals surface area contributed by atoms with E-state index in [1.165, 1.54) is 11.9 Å². The lowest BCUT2D eigenvalue weighted by Crippen LogP contribution is -2.39. The average molecular weight is 451 g/mol. The third-order valence-corrected chi connectivity index (χ3v) is 6.08. The summed E-state index contributed by atoms with van der Waals surface area (Å²) in [5, 5.41) is 6.48. The van der Waals surface area contributed by atoms with E-state index < -0.39 is 29.6 Å². The lowest BCUT2D eigenvalue weighted by atomic mass is 9.95. The molecule has 2 aromatic carbocycles. The minimum absolute atomic E-state index is 0.00785. The Morgan fingerprint density at radius 3 is 2.17 bits per heavy atom. The molecule has 2 aromatic rings. The second-order valence-electron chi connectivity index (χ2n) is 6.77. The van der Waals surface area contributed by atoms with Crippen molar-refractivity contribution in [1.29, 1.82) is 0 Å². The zero-order valence-electron chi connectivity index (χ0n) is 15.3. The maximum atomic E-state index is 13.4. The van der Waals surface area contributed by atoms with E-state index in [4.69, 9.17) is 34.8 Å². The highest BCUT2D eigenvalue weighted by molar-refractivity contribution is 6.49. The second-order valence-corrected chi connectivity index (χ2v) is 8.00. The Morgan fingerprint density at radius 2 is 1.55 bits per heavy atom. The molecule has 0 N–H and O–H groups in total. The van der Waals surface area contributed by atoms with E-state index in [9.17, 15) is 14.4 Å². The van der Waals surface area contributed by atoms with Gasteiger partial charge in [-0.1, -0.05) is 46.9 Å². The fourth-order valence-electron chi connectivity index (χ4n) is 3.67. The summed E-state index contributed by atoms with van der Waals surface area (Å²) < 4.78 is 0. The quantitative estimate of drug-likeness (QED) is 0.655. The van der Waals surface area contributed by atoms with Gasteiger partial charge >= 0.3 is 0 Å². The average Bonchev–Trinajstić information content (AvgIpc) is 3.16. The van der Waals surface area contributed by atoms with E-state index in [1.807, 2.05) is 0 Å². The number of halogens is 3. The molecule has 2 amide bonds. The summed E-state index contributed by atoms with van der Waals surface area (Å²) in [6, 6.07) is 8.75. The minimum Gasteiger partial charge on any atom is -0.293 e. The number of carbonyl (C=O) groups excluding carboxylic acids is 3. The summed E-state index contributed by atoms with van der Waals surface area (Å²) in [5.74, 6) is -2.52. The number of benzene rings is 2. The van der Waals surface area contributed by atoms with Crippen molar-refractivity contribution in [2.45, 2.75) is 19.9 Å². The topological polar surface area (TPSA) is 70.1 Å². The molecule has 2 aliphatic heterocycles. The van der Waals surface area contributed by atoms with Crippen LogP contribution in [0.4, 0.5) is 11.4 Å². The monoisotopic (exact) mass is 449 g/mol. The van der Waals surface area contributed by atoms with E-state index in [-0.39, 0.29) is 21.4 Å². The van der Waals surface area contributed by atoms with Crippen LogP contribution in [-0.4, -0.2) is 29.4 Å². The van der Waals surface area contributed by atoms with Gasteiger partial charge in [0, 0.05) is 11.9 Å². The summed E-state index contributed by atoms with van der Waals surface area (Å²) in [5.41, 5.74) is 1.22. The number of imide groups is 1. The number of amides is 2. The molecule has 9 heteroatoms. The second kappa shape index (κ2) is 7.13. The molecular formula is C20H14Cl3N3O3. The largest absolute Gasteiger partial charge is 0.293 e. The van der Waals surface area contributed by atoms with Crippen LogP contribution < -0.4 is 9.91 Å². The number of nitrogens with zero attached hydrogens (tertiary/aromatic N) is 3. The van der Waals surface area contributed by atoms with Gasteiger partial charge in [-0.3, -0.25) is 14.4 Å². The molecule has 0 aliphatic carbocycles. The van der Waals surface area contributed by atoms with E-state index in [0.29, 0.717) is 16.3 Å². The molecule has 1 saturated heterocycles. The number of hydrogen-bond donors (Lipinski definition) is 0. The van der Waals surface area contributed by atoms with Crippen LogP contribution in [0.25, 0.3) is 0 Å². The van der Waals surface area contributed by atoms with Gasteiger partial charge in [0.2, 0.25) is 5.91 Å². The van der Waals surface area contributed by atoms with Crippen molar-refractivity contribution < 1.29 is 14.4 Å². The number of para-hydroxylation sites is 1. The van der Waals surface area contributed by atoms with Crippen LogP contribution in [0.2, 0.25) is 15.1 Å². The van der Waals surface area contributed by atoms with Gasteiger partial charge in [-0.25, -0.2) is 9.91 Å². The Hall–Kier alpha value is -2.41. The Labute approximate surface area is 181 Å². The van der Waals surface area contributed by atoms with Crippen LogP contribution in [0.1, 0.15) is 12.5 Å². The highest BCUT2D eigenvalue weighted by Gasteiger charge is 2.58. The number of rotatable bonds is 3. The Kier molecular flexibility index (Phi) is 4.89. The molecule has 29 heavy (non-hydrogen) atoms. The molecule has 6 nitrogen and oxygen atoms in total. The first kappa shape index (κ1) is 19.9. The fraction of sp³-hybridized carbons (Fsp3) is 0.200. The third-order valence-electron chi connectivity index (χ3n) is 5.06. The number of hydrazone groups is 1. The van der Waals surface area contributed by atoms with Gasteiger partial charge in [0.15, 0.2) is 5.78 Å². The summed E-state index contributed by atoms with van der Waals surface area (Å²) in [6.45, 7) is 3.02. The number of fused-ring (bicyclic) bond motifs is 1. The molecule has 2 aliphatic rings. The number of Topliss-reactive ketones (excluding diaryl/α,β-unsaturated/α-hetero) is 1. The molecule has 0 aromatic heterocycles. The van der Waals surface area contributed by atoms with Crippen molar-refractivity contribution >= 4 is 69.5 Å². The van der Waals surface area contributed by atoms with Crippen molar-refractivity contribution in [3.05, 3.63) is 57.0 Å². The minimum atomic E-state index is -1.06. The maximum Gasteiger partial charge on any atom is 0.259 e. The molecule has 4 rings (SSSR count). The number of ketones is 1.